The van der Waals surface area contributed by atoms with Gasteiger partial charge < -0.3 is 14.5 Å². The minimum Gasteiger partial charge on any atom is -0.482 e. The molecule has 9 nitrogen and oxygen atoms in total. The number of nitrogens with zero attached hydrogens (tertiary/aromatic N) is 2. The van der Waals surface area contributed by atoms with Gasteiger partial charge in [-0.1, -0.05) is 11.6 Å². The van der Waals surface area contributed by atoms with Gasteiger partial charge in [-0.25, -0.2) is 19.3 Å². The average Bonchev–Trinajstić information content (AvgIpc) is 3.23. The molecule has 0 aliphatic carbocycles. The quantitative estimate of drug-likeness (QED) is 0.599. The highest BCUT2D eigenvalue weighted by Crippen LogP contribution is 2.25. The summed E-state index contributed by atoms with van der Waals surface area (Å²) in [5.74, 6) is -0.327. The molecule has 136 valence electrons. The van der Waals surface area contributed by atoms with Crippen LogP contribution in [0.3, 0.4) is 0 Å². The van der Waals surface area contributed by atoms with Gasteiger partial charge in [0.2, 0.25) is 5.89 Å². The van der Waals surface area contributed by atoms with Crippen LogP contribution in [-0.2, 0) is 6.61 Å². The number of nitrogens with one attached hydrogen (secondary N) is 3. The van der Waals surface area contributed by atoms with Crippen molar-refractivity contribution < 1.29 is 18.3 Å². The largest absolute Gasteiger partial charge is 0.482 e. The van der Waals surface area contributed by atoms with E-state index in [1.165, 1.54) is 18.4 Å². The van der Waals surface area contributed by atoms with Crippen molar-refractivity contribution in [1.82, 2.24) is 25.5 Å². The Hall–Kier alpha value is -3.14. The van der Waals surface area contributed by atoms with Crippen molar-refractivity contribution in [2.45, 2.75) is 19.6 Å². The van der Waals surface area contributed by atoms with Gasteiger partial charge in [0.1, 0.15) is 17.8 Å². The molecule has 0 aliphatic rings. The number of benzene rings is 1. The molecular formula is C15H13ClFN5O4. The first-order valence-corrected chi connectivity index (χ1v) is 7.78. The number of amides is 1. The number of rotatable bonds is 6. The fourth-order valence-electron chi connectivity index (χ4n) is 2.04. The van der Waals surface area contributed by atoms with E-state index in [2.05, 4.69) is 25.5 Å². The van der Waals surface area contributed by atoms with Crippen molar-refractivity contribution in [3.05, 3.63) is 63.2 Å². The number of ether oxygens (including phenoxy) is 1. The third kappa shape index (κ3) is 4.09. The maximum Gasteiger partial charge on any atom is 0.340 e. The number of halogens is 2. The maximum absolute atomic E-state index is 13.0. The van der Waals surface area contributed by atoms with Crippen molar-refractivity contribution in [3.8, 4) is 5.75 Å². The third-order valence-corrected chi connectivity index (χ3v) is 3.60. The van der Waals surface area contributed by atoms with Crippen LogP contribution in [0.5, 0.6) is 5.75 Å². The van der Waals surface area contributed by atoms with Gasteiger partial charge in [-0.3, -0.25) is 9.78 Å². The summed E-state index contributed by atoms with van der Waals surface area (Å²) in [7, 11) is 0. The molecule has 26 heavy (non-hydrogen) atoms. The van der Waals surface area contributed by atoms with E-state index >= 15 is 0 Å². The summed E-state index contributed by atoms with van der Waals surface area (Å²) in [4.78, 5) is 29.6. The number of oxazole rings is 1. The van der Waals surface area contributed by atoms with Crippen molar-refractivity contribution >= 4 is 17.5 Å². The van der Waals surface area contributed by atoms with Gasteiger partial charge in [-0.05, 0) is 25.1 Å². The van der Waals surface area contributed by atoms with Crippen LogP contribution in [0.1, 0.15) is 35.2 Å². The lowest BCUT2D eigenvalue weighted by Crippen LogP contribution is -2.28. The Morgan fingerprint density at radius 1 is 1.50 bits per heavy atom. The molecule has 0 aliphatic heterocycles. The third-order valence-electron chi connectivity index (χ3n) is 3.31. The Bertz CT molecular complexity index is 982. The van der Waals surface area contributed by atoms with E-state index < -0.39 is 23.5 Å². The molecule has 2 aromatic heterocycles. The van der Waals surface area contributed by atoms with Crippen LogP contribution in [0.2, 0.25) is 5.02 Å². The molecule has 1 amide bonds. The fraction of sp³-hybridized carbons (Fsp3) is 0.200. The van der Waals surface area contributed by atoms with E-state index in [0.29, 0.717) is 0 Å². The second-order valence-corrected chi connectivity index (χ2v) is 5.66. The van der Waals surface area contributed by atoms with Crippen LogP contribution in [0.15, 0.2) is 33.7 Å². The predicted molar refractivity (Wildman–Crippen MR) is 87.3 cm³/mol. The highest BCUT2D eigenvalue weighted by molar-refractivity contribution is 6.32. The van der Waals surface area contributed by atoms with Crippen molar-refractivity contribution in [2.75, 3.05) is 0 Å². The van der Waals surface area contributed by atoms with Crippen LogP contribution in [0, 0.1) is 5.82 Å². The zero-order chi connectivity index (χ0) is 18.7. The van der Waals surface area contributed by atoms with E-state index in [-0.39, 0.29) is 34.8 Å². The summed E-state index contributed by atoms with van der Waals surface area (Å²) in [5, 5.41) is 8.66. The highest BCUT2D eigenvalue weighted by atomic mass is 35.5. The minimum absolute atomic E-state index is 0.0264. The van der Waals surface area contributed by atoms with E-state index in [1.807, 2.05) is 0 Å². The lowest BCUT2D eigenvalue weighted by atomic mass is 10.3. The smallest absolute Gasteiger partial charge is 0.340 e. The molecule has 0 unspecified atom stereocenters. The SMILES string of the molecule is C[C@H](NC(=O)c1coc(COc2ccc(F)cc2Cl)n1)c1n[nH]c(=O)[nH]1. The molecule has 0 saturated heterocycles. The monoisotopic (exact) mass is 381 g/mol. The number of hydrogen-bond acceptors (Lipinski definition) is 6. The zero-order valence-corrected chi connectivity index (χ0v) is 14.1. The summed E-state index contributed by atoms with van der Waals surface area (Å²) >= 11 is 5.85. The van der Waals surface area contributed by atoms with Gasteiger partial charge in [0.15, 0.2) is 18.1 Å². The first kappa shape index (κ1) is 17.7. The number of hydrogen-bond donors (Lipinski definition) is 3. The first-order chi connectivity index (χ1) is 12.4. The molecular weight excluding hydrogens is 369 g/mol. The summed E-state index contributed by atoms with van der Waals surface area (Å²) < 4.78 is 23.5. The summed E-state index contributed by atoms with van der Waals surface area (Å²) in [6.45, 7) is 1.55. The molecule has 2 heterocycles. The standard InChI is InChI=1S/C15H13ClFN5O4/c1-7(13-20-15(24)22-21-13)18-14(23)10-5-26-12(19-10)6-25-11-3-2-8(17)4-9(11)16/h2-5,7H,6H2,1H3,(H,18,23)(H2,20,21,22,24)/t7-/m0/s1. The van der Waals surface area contributed by atoms with Crippen LogP contribution in [0.25, 0.3) is 0 Å². The highest BCUT2D eigenvalue weighted by Gasteiger charge is 2.18. The van der Waals surface area contributed by atoms with E-state index in [4.69, 9.17) is 20.8 Å². The molecule has 0 saturated carbocycles. The Labute approximate surface area is 150 Å². The summed E-state index contributed by atoms with van der Waals surface area (Å²) in [6, 6.07) is 3.15. The first-order valence-electron chi connectivity index (χ1n) is 7.40. The molecule has 0 spiro atoms. The normalized spacial score (nSPS) is 12.0. The number of aromatic amines is 2. The lowest BCUT2D eigenvalue weighted by Gasteiger charge is -2.08. The summed E-state index contributed by atoms with van der Waals surface area (Å²) in [5.41, 5.74) is -0.444. The van der Waals surface area contributed by atoms with E-state index in [9.17, 15) is 14.0 Å². The van der Waals surface area contributed by atoms with Crippen molar-refractivity contribution in [2.24, 2.45) is 0 Å². The maximum atomic E-state index is 13.0. The molecule has 3 rings (SSSR count). The topological polar surface area (TPSA) is 126 Å². The lowest BCUT2D eigenvalue weighted by molar-refractivity contribution is 0.0933. The average molecular weight is 382 g/mol. The molecule has 11 heteroatoms. The number of aromatic nitrogens is 4. The second-order valence-electron chi connectivity index (χ2n) is 5.25. The Balaban J connectivity index is 1.60. The van der Waals surface area contributed by atoms with E-state index in [0.717, 1.165) is 6.07 Å². The van der Waals surface area contributed by atoms with Crippen molar-refractivity contribution in [1.29, 1.82) is 0 Å². The number of H-pyrrole nitrogens is 2. The number of carbonyl (C=O) groups excluding carboxylic acids is 1. The predicted octanol–water partition coefficient (Wildman–Crippen LogP) is 1.95. The molecule has 3 aromatic rings. The van der Waals surface area contributed by atoms with Gasteiger partial charge in [-0.15, -0.1) is 0 Å². The molecule has 1 atom stereocenters. The van der Waals surface area contributed by atoms with Crippen LogP contribution < -0.4 is 15.7 Å². The minimum atomic E-state index is -0.545. The van der Waals surface area contributed by atoms with Crippen LogP contribution in [0.4, 0.5) is 4.39 Å². The molecule has 1 aromatic carbocycles. The molecule has 0 fully saturated rings. The number of carbonyl (C=O) groups is 1. The van der Waals surface area contributed by atoms with Crippen molar-refractivity contribution in [3.63, 3.8) is 0 Å². The van der Waals surface area contributed by atoms with Gasteiger partial charge in [-0.2, -0.15) is 5.10 Å². The fourth-order valence-corrected chi connectivity index (χ4v) is 2.26. The Kier molecular flexibility index (Phi) is 5.03. The van der Waals surface area contributed by atoms with E-state index in [1.54, 1.807) is 6.92 Å². The molecule has 0 bridgehead atoms. The van der Waals surface area contributed by atoms with Gasteiger partial charge in [0.25, 0.3) is 5.91 Å². The zero-order valence-electron chi connectivity index (χ0n) is 13.4. The van der Waals surface area contributed by atoms with Gasteiger partial charge >= 0.3 is 5.69 Å². The van der Waals surface area contributed by atoms with Crippen LogP contribution in [-0.4, -0.2) is 26.1 Å². The molecule has 3 N–H and O–H groups in total. The second kappa shape index (κ2) is 7.40. The van der Waals surface area contributed by atoms with Gasteiger partial charge in [0, 0.05) is 0 Å². The Morgan fingerprint density at radius 3 is 3.00 bits per heavy atom. The summed E-state index contributed by atoms with van der Waals surface area (Å²) in [6.07, 6.45) is 1.17. The Morgan fingerprint density at radius 2 is 2.31 bits per heavy atom. The van der Waals surface area contributed by atoms with Gasteiger partial charge in [0.05, 0.1) is 11.1 Å². The van der Waals surface area contributed by atoms with Crippen LogP contribution >= 0.6 is 11.6 Å². The molecule has 0 radical (unpaired) electrons.